The molecule has 2 aromatic rings. The number of hydrogen-bond acceptors (Lipinski definition) is 2. The monoisotopic (exact) mass is 315 g/mol. The molecule has 2 aliphatic rings. The van der Waals surface area contributed by atoms with E-state index in [2.05, 4.69) is 10.1 Å². The van der Waals surface area contributed by atoms with Crippen molar-refractivity contribution >= 4 is 17.8 Å². The SMILES string of the molecule is O=c1c2c([nH]n1-c1ccc(Cl)cc1)C1CCCCCC1N=C2. The van der Waals surface area contributed by atoms with Gasteiger partial charge in [-0.25, -0.2) is 4.68 Å². The standard InChI is InChI=1S/C17H18ClN3O/c18-11-6-8-12(9-7-11)21-17(22)14-10-19-15-5-3-1-2-4-13(15)16(14)20-21/h6-10,13,15,20H,1-5H2. The molecule has 2 heterocycles. The van der Waals surface area contributed by atoms with Crippen molar-refractivity contribution < 1.29 is 0 Å². The van der Waals surface area contributed by atoms with Gasteiger partial charge in [0.25, 0.3) is 5.56 Å². The van der Waals surface area contributed by atoms with Crippen molar-refractivity contribution in [2.45, 2.75) is 44.1 Å². The van der Waals surface area contributed by atoms with E-state index in [0.717, 1.165) is 29.8 Å². The molecule has 2 atom stereocenters. The van der Waals surface area contributed by atoms with E-state index in [9.17, 15) is 4.79 Å². The summed E-state index contributed by atoms with van der Waals surface area (Å²) in [6.45, 7) is 0. The van der Waals surface area contributed by atoms with Crippen LogP contribution in [-0.4, -0.2) is 22.0 Å². The summed E-state index contributed by atoms with van der Waals surface area (Å²) >= 11 is 5.93. The normalized spacial score (nSPS) is 23.7. The molecule has 0 radical (unpaired) electrons. The van der Waals surface area contributed by atoms with Crippen LogP contribution in [0.25, 0.3) is 5.69 Å². The lowest BCUT2D eigenvalue weighted by molar-refractivity contribution is 0.489. The van der Waals surface area contributed by atoms with Gasteiger partial charge in [0.15, 0.2) is 0 Å². The largest absolute Gasteiger partial charge is 0.294 e. The molecule has 0 saturated heterocycles. The molecule has 4 nitrogen and oxygen atoms in total. The molecule has 1 aliphatic heterocycles. The number of benzene rings is 1. The topological polar surface area (TPSA) is 50.1 Å². The summed E-state index contributed by atoms with van der Waals surface area (Å²) < 4.78 is 1.61. The van der Waals surface area contributed by atoms with Crippen LogP contribution in [-0.2, 0) is 0 Å². The van der Waals surface area contributed by atoms with Gasteiger partial charge in [-0.3, -0.25) is 14.9 Å². The molecule has 0 bridgehead atoms. The zero-order chi connectivity index (χ0) is 15.1. The van der Waals surface area contributed by atoms with Crippen LogP contribution in [0, 0.1) is 0 Å². The van der Waals surface area contributed by atoms with Crippen molar-refractivity contribution in [3.8, 4) is 5.69 Å². The van der Waals surface area contributed by atoms with Crippen LogP contribution in [0.15, 0.2) is 34.1 Å². The van der Waals surface area contributed by atoms with Gasteiger partial charge >= 0.3 is 0 Å². The van der Waals surface area contributed by atoms with Gasteiger partial charge < -0.3 is 0 Å². The summed E-state index contributed by atoms with van der Waals surface area (Å²) in [6, 6.07) is 7.63. The highest BCUT2D eigenvalue weighted by atomic mass is 35.5. The molecule has 0 spiro atoms. The number of aliphatic imine (C=N–C) groups is 1. The van der Waals surface area contributed by atoms with Gasteiger partial charge in [0.05, 0.1) is 23.0 Å². The average molecular weight is 316 g/mol. The summed E-state index contributed by atoms with van der Waals surface area (Å²) in [7, 11) is 0. The van der Waals surface area contributed by atoms with Crippen LogP contribution in [0.1, 0.15) is 49.3 Å². The molecule has 2 unspecified atom stereocenters. The zero-order valence-corrected chi connectivity index (χ0v) is 13.0. The maximum absolute atomic E-state index is 12.7. The first kappa shape index (κ1) is 13.8. The van der Waals surface area contributed by atoms with E-state index in [0.29, 0.717) is 17.0 Å². The number of hydrogen-bond donors (Lipinski definition) is 1. The summed E-state index contributed by atoms with van der Waals surface area (Å²) in [6.07, 6.45) is 7.71. The third-order valence-corrected chi connectivity index (χ3v) is 5.04. The molecule has 1 aromatic carbocycles. The first-order valence-electron chi connectivity index (χ1n) is 7.88. The van der Waals surface area contributed by atoms with Crippen molar-refractivity contribution in [3.63, 3.8) is 0 Å². The van der Waals surface area contributed by atoms with Crippen LogP contribution < -0.4 is 5.56 Å². The summed E-state index contributed by atoms with van der Waals surface area (Å²) in [5.41, 5.74) is 2.56. The molecular weight excluding hydrogens is 298 g/mol. The van der Waals surface area contributed by atoms with Crippen LogP contribution in [0.3, 0.4) is 0 Å². The van der Waals surface area contributed by atoms with Gasteiger partial charge in [-0.05, 0) is 37.1 Å². The fraction of sp³-hybridized carbons (Fsp3) is 0.412. The minimum atomic E-state index is -0.0243. The predicted octanol–water partition coefficient (Wildman–Crippen LogP) is 3.67. The van der Waals surface area contributed by atoms with Crippen LogP contribution in [0.4, 0.5) is 0 Å². The number of aromatic nitrogens is 2. The molecule has 1 aromatic heterocycles. The lowest BCUT2D eigenvalue weighted by atomic mass is 9.88. The van der Waals surface area contributed by atoms with Crippen LogP contribution in [0.5, 0.6) is 0 Å². The summed E-state index contributed by atoms with van der Waals surface area (Å²) in [5.74, 6) is 0.351. The lowest BCUT2D eigenvalue weighted by Crippen LogP contribution is -2.23. The Morgan fingerprint density at radius 2 is 1.91 bits per heavy atom. The van der Waals surface area contributed by atoms with E-state index in [1.54, 1.807) is 23.0 Å². The molecule has 4 rings (SSSR count). The molecule has 1 saturated carbocycles. The molecule has 22 heavy (non-hydrogen) atoms. The van der Waals surface area contributed by atoms with Crippen molar-refractivity contribution in [1.82, 2.24) is 9.78 Å². The third kappa shape index (κ3) is 2.22. The number of aromatic amines is 1. The van der Waals surface area contributed by atoms with E-state index in [1.807, 2.05) is 12.1 Å². The number of nitrogens with zero attached hydrogens (tertiary/aromatic N) is 2. The number of fused-ring (bicyclic) bond motifs is 3. The Kier molecular flexibility index (Phi) is 3.41. The Morgan fingerprint density at radius 1 is 1.14 bits per heavy atom. The third-order valence-electron chi connectivity index (χ3n) is 4.79. The van der Waals surface area contributed by atoms with Crippen molar-refractivity contribution in [1.29, 1.82) is 0 Å². The van der Waals surface area contributed by atoms with Gasteiger partial charge in [0, 0.05) is 17.2 Å². The number of H-pyrrole nitrogens is 1. The van der Waals surface area contributed by atoms with E-state index in [-0.39, 0.29) is 5.56 Å². The predicted molar refractivity (Wildman–Crippen MR) is 88.6 cm³/mol. The second kappa shape index (κ2) is 5.43. The number of rotatable bonds is 1. The highest BCUT2D eigenvalue weighted by Crippen LogP contribution is 2.36. The van der Waals surface area contributed by atoms with Crippen molar-refractivity contribution in [3.05, 3.63) is 50.9 Å². The summed E-state index contributed by atoms with van der Waals surface area (Å²) in [5, 5.41) is 4.00. The highest BCUT2D eigenvalue weighted by molar-refractivity contribution is 6.30. The van der Waals surface area contributed by atoms with Crippen molar-refractivity contribution in [2.75, 3.05) is 0 Å². The Hall–Kier alpha value is -1.81. The molecule has 114 valence electrons. The summed E-state index contributed by atoms with van der Waals surface area (Å²) in [4.78, 5) is 17.3. The number of nitrogens with one attached hydrogen (secondary N) is 1. The first-order chi connectivity index (χ1) is 10.7. The molecule has 1 fully saturated rings. The van der Waals surface area contributed by atoms with Gasteiger partial charge in [-0.15, -0.1) is 0 Å². The minimum absolute atomic E-state index is 0.0243. The maximum Gasteiger partial charge on any atom is 0.280 e. The molecular formula is C17H18ClN3O. The smallest absolute Gasteiger partial charge is 0.280 e. The van der Waals surface area contributed by atoms with Crippen LogP contribution >= 0.6 is 11.6 Å². The Bertz CT molecular complexity index is 772. The number of halogens is 1. The van der Waals surface area contributed by atoms with E-state index < -0.39 is 0 Å². The fourth-order valence-electron chi connectivity index (χ4n) is 3.62. The lowest BCUT2D eigenvalue weighted by Gasteiger charge is -2.24. The molecule has 1 N–H and O–H groups in total. The van der Waals surface area contributed by atoms with E-state index in [4.69, 9.17) is 11.6 Å². The van der Waals surface area contributed by atoms with Crippen LogP contribution in [0.2, 0.25) is 5.02 Å². The van der Waals surface area contributed by atoms with E-state index in [1.165, 1.54) is 19.3 Å². The first-order valence-corrected chi connectivity index (χ1v) is 8.26. The molecule has 5 heteroatoms. The second-order valence-corrected chi connectivity index (χ2v) is 6.58. The highest BCUT2D eigenvalue weighted by Gasteiger charge is 2.32. The Balaban J connectivity index is 1.81. The van der Waals surface area contributed by atoms with Gasteiger partial charge in [0.1, 0.15) is 0 Å². The van der Waals surface area contributed by atoms with Gasteiger partial charge in [-0.2, -0.15) is 0 Å². The van der Waals surface area contributed by atoms with E-state index >= 15 is 0 Å². The van der Waals surface area contributed by atoms with Gasteiger partial charge in [0.2, 0.25) is 0 Å². The molecule has 0 amide bonds. The second-order valence-electron chi connectivity index (χ2n) is 6.15. The van der Waals surface area contributed by atoms with Gasteiger partial charge in [-0.1, -0.05) is 30.9 Å². The maximum atomic E-state index is 12.7. The fourth-order valence-corrected chi connectivity index (χ4v) is 3.75. The Labute approximate surface area is 133 Å². The molecule has 1 aliphatic carbocycles. The zero-order valence-electron chi connectivity index (χ0n) is 12.3. The quantitative estimate of drug-likeness (QED) is 0.857. The average Bonchev–Trinajstić information content (AvgIpc) is 2.73. The minimum Gasteiger partial charge on any atom is -0.294 e. The Morgan fingerprint density at radius 3 is 2.73 bits per heavy atom. The van der Waals surface area contributed by atoms with Crippen molar-refractivity contribution in [2.24, 2.45) is 4.99 Å².